The third-order valence-corrected chi connectivity index (χ3v) is 4.66. The fourth-order valence-corrected chi connectivity index (χ4v) is 3.51. The van der Waals surface area contributed by atoms with E-state index in [1.54, 1.807) is 24.4 Å². The van der Waals surface area contributed by atoms with Crippen LogP contribution in [0.25, 0.3) is 10.9 Å². The molecule has 156 valence electrons. The molecule has 1 fully saturated rings. The quantitative estimate of drug-likeness (QED) is 0.595. The standard InChI is InChI=1S/C19H19F3N4O.C2H6/c20-19(21,22)27-18-6-2-1-5-17(18)26-9-3-4-15(12-26)24-14-7-8-16-13(10-14)11-23-25-16;1-2/h1-2,5-8,10-11,15,24H,3-4,9,12H2,(H,23,25);1-2H3. The number of aromatic nitrogens is 2. The molecule has 8 heteroatoms. The lowest BCUT2D eigenvalue weighted by Crippen LogP contribution is -2.42. The lowest BCUT2D eigenvalue weighted by atomic mass is 10.0. The number of para-hydroxylation sites is 2. The van der Waals surface area contributed by atoms with Gasteiger partial charge in [-0.15, -0.1) is 13.2 Å². The second-order valence-corrected chi connectivity index (χ2v) is 6.62. The molecule has 2 aromatic carbocycles. The average Bonchev–Trinajstić information content (AvgIpc) is 3.17. The Morgan fingerprint density at radius 1 is 1.17 bits per heavy atom. The minimum absolute atomic E-state index is 0.127. The summed E-state index contributed by atoms with van der Waals surface area (Å²) in [5.74, 6) is -0.162. The predicted molar refractivity (Wildman–Crippen MR) is 109 cm³/mol. The van der Waals surface area contributed by atoms with E-state index >= 15 is 0 Å². The lowest BCUT2D eigenvalue weighted by Gasteiger charge is -2.36. The maximum Gasteiger partial charge on any atom is 0.573 e. The highest BCUT2D eigenvalue weighted by atomic mass is 19.4. The highest BCUT2D eigenvalue weighted by molar-refractivity contribution is 5.81. The predicted octanol–water partition coefficient (Wildman–Crippen LogP) is 5.57. The van der Waals surface area contributed by atoms with Crippen LogP contribution in [0.1, 0.15) is 26.7 Å². The number of alkyl halides is 3. The number of fused-ring (bicyclic) bond motifs is 1. The molecular formula is C21H25F3N4O. The van der Waals surface area contributed by atoms with Gasteiger partial charge in [0, 0.05) is 30.2 Å². The molecule has 0 aliphatic carbocycles. The Morgan fingerprint density at radius 2 is 1.97 bits per heavy atom. The number of halogens is 3. The van der Waals surface area contributed by atoms with Gasteiger partial charge in [0.2, 0.25) is 0 Å². The molecule has 0 saturated carbocycles. The molecular weight excluding hydrogens is 381 g/mol. The molecule has 2 N–H and O–H groups in total. The SMILES string of the molecule is CC.FC(F)(F)Oc1ccccc1N1CCCC(Nc2ccc3[nH]ncc3c2)C1. The number of nitrogens with zero attached hydrogens (tertiary/aromatic N) is 2. The van der Waals surface area contributed by atoms with Gasteiger partial charge >= 0.3 is 6.36 Å². The van der Waals surface area contributed by atoms with Crippen LogP contribution in [-0.2, 0) is 0 Å². The molecule has 1 aromatic heterocycles. The summed E-state index contributed by atoms with van der Waals surface area (Å²) < 4.78 is 42.3. The van der Waals surface area contributed by atoms with Crippen molar-refractivity contribution in [2.24, 2.45) is 0 Å². The molecule has 3 aromatic rings. The Bertz CT molecular complexity index is 925. The number of H-pyrrole nitrogens is 1. The fraction of sp³-hybridized carbons (Fsp3) is 0.381. The number of nitrogens with one attached hydrogen (secondary N) is 2. The maximum atomic E-state index is 12.7. The third kappa shape index (κ3) is 5.34. The van der Waals surface area contributed by atoms with Crippen molar-refractivity contribution in [1.82, 2.24) is 10.2 Å². The smallest absolute Gasteiger partial charge is 0.404 e. The first kappa shape index (κ1) is 20.8. The van der Waals surface area contributed by atoms with E-state index in [9.17, 15) is 13.2 Å². The summed E-state index contributed by atoms with van der Waals surface area (Å²) in [6.45, 7) is 5.29. The van der Waals surface area contributed by atoms with Crippen LogP contribution in [-0.4, -0.2) is 35.7 Å². The zero-order valence-corrected chi connectivity index (χ0v) is 16.5. The second kappa shape index (κ2) is 9.07. The van der Waals surface area contributed by atoms with Crippen LogP contribution in [0.2, 0.25) is 0 Å². The third-order valence-electron chi connectivity index (χ3n) is 4.66. The minimum Gasteiger partial charge on any atom is -0.404 e. The lowest BCUT2D eigenvalue weighted by molar-refractivity contribution is -0.274. The molecule has 1 atom stereocenters. The van der Waals surface area contributed by atoms with Gasteiger partial charge in [-0.05, 0) is 43.2 Å². The Hall–Kier alpha value is -2.90. The first-order chi connectivity index (χ1) is 14.0. The van der Waals surface area contributed by atoms with Crippen LogP contribution < -0.4 is 15.0 Å². The van der Waals surface area contributed by atoms with Gasteiger partial charge in [0.1, 0.15) is 0 Å². The van der Waals surface area contributed by atoms with Gasteiger partial charge in [0.25, 0.3) is 0 Å². The number of hydrogen-bond acceptors (Lipinski definition) is 4. The zero-order valence-electron chi connectivity index (χ0n) is 16.5. The Morgan fingerprint density at radius 3 is 2.76 bits per heavy atom. The molecule has 4 rings (SSSR count). The highest BCUT2D eigenvalue weighted by Gasteiger charge is 2.33. The van der Waals surface area contributed by atoms with E-state index in [-0.39, 0.29) is 11.8 Å². The summed E-state index contributed by atoms with van der Waals surface area (Å²) in [4.78, 5) is 1.94. The van der Waals surface area contributed by atoms with Crippen LogP contribution in [0.15, 0.2) is 48.7 Å². The zero-order chi connectivity index (χ0) is 20.9. The molecule has 0 radical (unpaired) electrons. The molecule has 1 aliphatic heterocycles. The van der Waals surface area contributed by atoms with Crippen molar-refractivity contribution in [2.45, 2.75) is 39.1 Å². The molecule has 1 saturated heterocycles. The molecule has 5 nitrogen and oxygen atoms in total. The Balaban J connectivity index is 0.00000117. The summed E-state index contributed by atoms with van der Waals surface area (Å²) in [6, 6.07) is 12.4. The number of anilines is 2. The molecule has 0 amide bonds. The van der Waals surface area contributed by atoms with Gasteiger partial charge in [-0.1, -0.05) is 26.0 Å². The number of ether oxygens (including phenoxy) is 1. The van der Waals surface area contributed by atoms with Gasteiger partial charge in [-0.2, -0.15) is 5.10 Å². The monoisotopic (exact) mass is 406 g/mol. The van der Waals surface area contributed by atoms with Crippen molar-refractivity contribution in [3.05, 3.63) is 48.7 Å². The van der Waals surface area contributed by atoms with Crippen LogP contribution in [0.5, 0.6) is 5.75 Å². The van der Waals surface area contributed by atoms with Crippen molar-refractivity contribution in [1.29, 1.82) is 0 Å². The number of piperidine rings is 1. The summed E-state index contributed by atoms with van der Waals surface area (Å²) >= 11 is 0. The van der Waals surface area contributed by atoms with Crippen LogP contribution >= 0.6 is 0 Å². The molecule has 1 unspecified atom stereocenters. The number of benzene rings is 2. The van der Waals surface area contributed by atoms with Crippen molar-refractivity contribution >= 4 is 22.3 Å². The summed E-state index contributed by atoms with van der Waals surface area (Å²) in [6.07, 6.45) is -1.11. The van der Waals surface area contributed by atoms with Gasteiger partial charge in [0.05, 0.1) is 17.4 Å². The number of rotatable bonds is 4. The van der Waals surface area contributed by atoms with E-state index in [4.69, 9.17) is 0 Å². The van der Waals surface area contributed by atoms with Crippen LogP contribution in [0, 0.1) is 0 Å². The van der Waals surface area contributed by atoms with Crippen LogP contribution in [0.3, 0.4) is 0 Å². The average molecular weight is 406 g/mol. The minimum atomic E-state index is -4.70. The highest BCUT2D eigenvalue weighted by Crippen LogP contribution is 2.34. The molecule has 0 spiro atoms. The topological polar surface area (TPSA) is 53.2 Å². The Labute approximate surface area is 167 Å². The van der Waals surface area contributed by atoms with Crippen molar-refractivity contribution < 1.29 is 17.9 Å². The van der Waals surface area contributed by atoms with E-state index in [1.165, 1.54) is 6.07 Å². The number of aromatic amines is 1. The summed E-state index contributed by atoms with van der Waals surface area (Å²) in [5, 5.41) is 11.4. The molecule has 2 heterocycles. The van der Waals surface area contributed by atoms with E-state index in [0.29, 0.717) is 18.8 Å². The number of hydrogen-bond donors (Lipinski definition) is 2. The van der Waals surface area contributed by atoms with Crippen molar-refractivity contribution in [3.63, 3.8) is 0 Å². The van der Waals surface area contributed by atoms with E-state index in [0.717, 1.165) is 29.4 Å². The van der Waals surface area contributed by atoms with Crippen molar-refractivity contribution in [3.8, 4) is 5.75 Å². The van der Waals surface area contributed by atoms with Gasteiger partial charge < -0.3 is 15.0 Å². The maximum absolute atomic E-state index is 12.7. The first-order valence-corrected chi connectivity index (χ1v) is 9.77. The van der Waals surface area contributed by atoms with Gasteiger partial charge in [0.15, 0.2) is 5.75 Å². The summed E-state index contributed by atoms with van der Waals surface area (Å²) in [5.41, 5.74) is 2.39. The van der Waals surface area contributed by atoms with Crippen LogP contribution in [0.4, 0.5) is 24.5 Å². The normalized spacial score (nSPS) is 16.9. The van der Waals surface area contributed by atoms with Gasteiger partial charge in [-0.25, -0.2) is 0 Å². The first-order valence-electron chi connectivity index (χ1n) is 9.77. The Kier molecular flexibility index (Phi) is 6.51. The molecule has 29 heavy (non-hydrogen) atoms. The largest absolute Gasteiger partial charge is 0.573 e. The van der Waals surface area contributed by atoms with E-state index in [1.807, 2.05) is 36.9 Å². The molecule has 0 bridgehead atoms. The fourth-order valence-electron chi connectivity index (χ4n) is 3.51. The van der Waals surface area contributed by atoms with Gasteiger partial charge in [-0.3, -0.25) is 5.10 Å². The van der Waals surface area contributed by atoms with Crippen molar-refractivity contribution in [2.75, 3.05) is 23.3 Å². The molecule has 1 aliphatic rings. The van der Waals surface area contributed by atoms with E-state index < -0.39 is 6.36 Å². The second-order valence-electron chi connectivity index (χ2n) is 6.62. The summed E-state index contributed by atoms with van der Waals surface area (Å²) in [7, 11) is 0. The van der Waals surface area contributed by atoms with E-state index in [2.05, 4.69) is 20.3 Å².